The van der Waals surface area contributed by atoms with Crippen molar-refractivity contribution in [2.24, 2.45) is 4.99 Å². The minimum Gasteiger partial charge on any atom is -0.364 e. The van der Waals surface area contributed by atoms with Gasteiger partial charge in [-0.1, -0.05) is 5.16 Å². The molecule has 0 aromatic carbocycles. The van der Waals surface area contributed by atoms with Crippen LogP contribution in [0.15, 0.2) is 21.8 Å². The van der Waals surface area contributed by atoms with E-state index in [1.807, 2.05) is 6.07 Å². The molecule has 2 N–H and O–H groups in total. The second-order valence-corrected chi connectivity index (χ2v) is 3.82. The van der Waals surface area contributed by atoms with Gasteiger partial charge in [-0.3, -0.25) is 4.99 Å². The number of nitrogens with one attached hydrogen (secondary N) is 2. The van der Waals surface area contributed by atoms with Crippen molar-refractivity contribution >= 4 is 41.7 Å². The van der Waals surface area contributed by atoms with Gasteiger partial charge in [0.15, 0.2) is 5.96 Å². The maximum Gasteiger partial charge on any atom is 0.191 e. The topological polar surface area (TPSA) is 62.5 Å². The highest BCUT2D eigenvalue weighted by Gasteiger charge is 1.99. The largest absolute Gasteiger partial charge is 0.364 e. The summed E-state index contributed by atoms with van der Waals surface area (Å²) in [6.07, 6.45) is 3.63. The number of guanidine groups is 1. The molecule has 0 unspecified atom stereocenters. The minimum atomic E-state index is 0. The molecule has 5 nitrogen and oxygen atoms in total. The van der Waals surface area contributed by atoms with Crippen molar-refractivity contribution in [3.8, 4) is 0 Å². The van der Waals surface area contributed by atoms with E-state index < -0.39 is 0 Å². The van der Waals surface area contributed by atoms with Crippen molar-refractivity contribution in [3.05, 3.63) is 18.0 Å². The maximum atomic E-state index is 4.73. The summed E-state index contributed by atoms with van der Waals surface area (Å²) in [4.78, 5) is 4.09. The Morgan fingerprint density at radius 1 is 1.56 bits per heavy atom. The fourth-order valence-electron chi connectivity index (χ4n) is 0.995. The molecule has 1 heterocycles. The number of nitrogens with zero attached hydrogens (tertiary/aromatic N) is 2. The molecule has 0 bridgehead atoms. The van der Waals surface area contributed by atoms with Crippen molar-refractivity contribution < 1.29 is 4.52 Å². The predicted molar refractivity (Wildman–Crippen MR) is 78.5 cm³/mol. The maximum absolute atomic E-state index is 4.73. The summed E-state index contributed by atoms with van der Waals surface area (Å²) in [5, 5.41) is 10.1. The normalized spacial score (nSPS) is 10.8. The monoisotopic (exact) mass is 356 g/mol. The van der Waals surface area contributed by atoms with E-state index in [-0.39, 0.29) is 24.0 Å². The van der Waals surface area contributed by atoms with E-state index in [2.05, 4.69) is 27.0 Å². The molecule has 0 fully saturated rings. The van der Waals surface area contributed by atoms with E-state index in [1.165, 1.54) is 0 Å². The van der Waals surface area contributed by atoms with Gasteiger partial charge in [0.2, 0.25) is 0 Å². The highest BCUT2D eigenvalue weighted by molar-refractivity contribution is 14.0. The molecular weight excluding hydrogens is 339 g/mol. The summed E-state index contributed by atoms with van der Waals surface area (Å²) in [7, 11) is 1.75. The van der Waals surface area contributed by atoms with Gasteiger partial charge in [0.05, 0.1) is 6.54 Å². The standard InChI is InChI=1S/C9H16N4OS.HI/c1-10-9(11-4-6-15-2)12-7-8-3-5-14-13-8;/h3,5H,4,6-7H2,1-2H3,(H2,10,11,12);1H. The minimum absolute atomic E-state index is 0. The van der Waals surface area contributed by atoms with Crippen LogP contribution in [0.2, 0.25) is 0 Å². The lowest BCUT2D eigenvalue weighted by atomic mass is 10.4. The second kappa shape index (κ2) is 9.76. The quantitative estimate of drug-likeness (QED) is 0.361. The third-order valence-electron chi connectivity index (χ3n) is 1.75. The van der Waals surface area contributed by atoms with Crippen LogP contribution >= 0.6 is 35.7 Å². The highest BCUT2D eigenvalue weighted by atomic mass is 127. The van der Waals surface area contributed by atoms with Crippen molar-refractivity contribution in [2.45, 2.75) is 6.54 Å². The van der Waals surface area contributed by atoms with Gasteiger partial charge in [-0.25, -0.2) is 0 Å². The molecule has 0 aliphatic heterocycles. The van der Waals surface area contributed by atoms with Gasteiger partial charge in [0, 0.05) is 25.4 Å². The van der Waals surface area contributed by atoms with Crippen LogP contribution < -0.4 is 10.6 Å². The molecule has 0 atom stereocenters. The van der Waals surface area contributed by atoms with Crippen LogP contribution in [0.5, 0.6) is 0 Å². The van der Waals surface area contributed by atoms with Gasteiger partial charge in [-0.2, -0.15) is 11.8 Å². The highest BCUT2D eigenvalue weighted by Crippen LogP contribution is 1.92. The number of halogens is 1. The Balaban J connectivity index is 0.00000225. The molecule has 7 heteroatoms. The molecule has 1 aromatic rings. The summed E-state index contributed by atoms with van der Waals surface area (Å²) >= 11 is 1.80. The summed E-state index contributed by atoms with van der Waals surface area (Å²) in [6.45, 7) is 1.52. The lowest BCUT2D eigenvalue weighted by molar-refractivity contribution is 0.410. The lowest BCUT2D eigenvalue weighted by Crippen LogP contribution is -2.37. The summed E-state index contributed by atoms with van der Waals surface area (Å²) in [5.41, 5.74) is 0.864. The summed E-state index contributed by atoms with van der Waals surface area (Å²) in [5.74, 6) is 1.84. The molecule has 92 valence electrons. The Bertz CT molecular complexity index is 292. The number of hydrogen-bond donors (Lipinski definition) is 2. The van der Waals surface area contributed by atoms with Gasteiger partial charge in [-0.05, 0) is 6.26 Å². The van der Waals surface area contributed by atoms with E-state index >= 15 is 0 Å². The fourth-order valence-corrected chi connectivity index (χ4v) is 1.30. The van der Waals surface area contributed by atoms with Gasteiger partial charge in [-0.15, -0.1) is 24.0 Å². The van der Waals surface area contributed by atoms with Gasteiger partial charge in [0.1, 0.15) is 12.0 Å². The summed E-state index contributed by atoms with van der Waals surface area (Å²) in [6, 6.07) is 1.82. The second-order valence-electron chi connectivity index (χ2n) is 2.84. The Kier molecular flexibility index (Phi) is 9.49. The SMILES string of the molecule is CN=C(NCCSC)NCc1ccon1.I. The molecule has 1 rings (SSSR count). The van der Waals surface area contributed by atoms with Crippen LogP contribution in [0.25, 0.3) is 0 Å². The van der Waals surface area contributed by atoms with Crippen LogP contribution in [0, 0.1) is 0 Å². The number of hydrogen-bond acceptors (Lipinski definition) is 4. The number of aliphatic imine (C=N–C) groups is 1. The fraction of sp³-hybridized carbons (Fsp3) is 0.556. The van der Waals surface area contributed by atoms with Crippen LogP contribution in [0.1, 0.15) is 5.69 Å². The van der Waals surface area contributed by atoms with Gasteiger partial charge in [0.25, 0.3) is 0 Å². The molecule has 16 heavy (non-hydrogen) atoms. The molecule has 0 spiro atoms. The lowest BCUT2D eigenvalue weighted by Gasteiger charge is -2.09. The Morgan fingerprint density at radius 2 is 2.38 bits per heavy atom. The summed E-state index contributed by atoms with van der Waals surface area (Å²) < 4.78 is 4.73. The molecule has 0 aliphatic rings. The first-order valence-corrected chi connectivity index (χ1v) is 6.09. The van der Waals surface area contributed by atoms with E-state index in [4.69, 9.17) is 4.52 Å². The molecule has 0 saturated carbocycles. The molecule has 0 amide bonds. The van der Waals surface area contributed by atoms with E-state index in [1.54, 1.807) is 25.1 Å². The van der Waals surface area contributed by atoms with Crippen molar-refractivity contribution in [1.29, 1.82) is 0 Å². The van der Waals surface area contributed by atoms with Crippen LogP contribution in [-0.2, 0) is 6.54 Å². The van der Waals surface area contributed by atoms with Crippen LogP contribution in [-0.4, -0.2) is 36.7 Å². The number of thioether (sulfide) groups is 1. The van der Waals surface area contributed by atoms with Crippen LogP contribution in [0.4, 0.5) is 0 Å². The van der Waals surface area contributed by atoms with E-state index in [0.717, 1.165) is 24.0 Å². The third-order valence-corrected chi connectivity index (χ3v) is 2.36. The van der Waals surface area contributed by atoms with Gasteiger partial charge < -0.3 is 15.2 Å². The zero-order valence-electron chi connectivity index (χ0n) is 9.40. The molecule has 0 saturated heterocycles. The van der Waals surface area contributed by atoms with E-state index in [0.29, 0.717) is 6.54 Å². The van der Waals surface area contributed by atoms with Crippen molar-refractivity contribution in [3.63, 3.8) is 0 Å². The zero-order valence-corrected chi connectivity index (χ0v) is 12.5. The molecule has 0 aliphatic carbocycles. The Labute approximate surface area is 117 Å². The number of aromatic nitrogens is 1. The first-order chi connectivity index (χ1) is 7.36. The third kappa shape index (κ3) is 6.21. The predicted octanol–water partition coefficient (Wildman–Crippen LogP) is 1.32. The molecule has 0 radical (unpaired) electrons. The van der Waals surface area contributed by atoms with E-state index in [9.17, 15) is 0 Å². The Hall–Kier alpha value is -0.440. The smallest absolute Gasteiger partial charge is 0.191 e. The molecule has 1 aromatic heterocycles. The zero-order chi connectivity index (χ0) is 10.9. The first-order valence-electron chi connectivity index (χ1n) is 4.69. The van der Waals surface area contributed by atoms with Crippen molar-refractivity contribution in [1.82, 2.24) is 15.8 Å². The average molecular weight is 356 g/mol. The van der Waals surface area contributed by atoms with Crippen LogP contribution in [0.3, 0.4) is 0 Å². The first kappa shape index (κ1) is 15.6. The van der Waals surface area contributed by atoms with Crippen molar-refractivity contribution in [2.75, 3.05) is 25.6 Å². The van der Waals surface area contributed by atoms with Gasteiger partial charge >= 0.3 is 0 Å². The Morgan fingerprint density at radius 3 is 2.94 bits per heavy atom. The average Bonchev–Trinajstić information content (AvgIpc) is 2.76. The molecular formula is C9H17IN4OS. The number of rotatable bonds is 5.